The van der Waals surface area contributed by atoms with Crippen LogP contribution in [-0.4, -0.2) is 28.9 Å². The van der Waals surface area contributed by atoms with Gasteiger partial charge in [0.05, 0.1) is 0 Å². The fraction of sp³-hybridized carbons (Fsp3) is 0.368. The zero-order valence-electron chi connectivity index (χ0n) is 13.3. The van der Waals surface area contributed by atoms with E-state index in [2.05, 4.69) is 58.7 Å². The SMILES string of the molecule is CSc1ccc(CN(Cc2cc(C#CCO)cs2)C2CC2)cc1. The number of rotatable bonds is 6. The molecule has 1 saturated carbocycles. The van der Waals surface area contributed by atoms with E-state index in [0.29, 0.717) is 0 Å². The number of thioether (sulfide) groups is 1. The Kier molecular flexibility index (Phi) is 5.80. The largest absolute Gasteiger partial charge is 0.384 e. The summed E-state index contributed by atoms with van der Waals surface area (Å²) in [5, 5.41) is 10.9. The summed E-state index contributed by atoms with van der Waals surface area (Å²) in [5.41, 5.74) is 2.39. The van der Waals surface area contributed by atoms with Crippen LogP contribution < -0.4 is 0 Å². The van der Waals surface area contributed by atoms with Crippen molar-refractivity contribution in [3.05, 3.63) is 51.7 Å². The topological polar surface area (TPSA) is 23.5 Å². The summed E-state index contributed by atoms with van der Waals surface area (Å²) in [6.07, 6.45) is 4.73. The molecule has 0 atom stereocenters. The number of hydrogen-bond acceptors (Lipinski definition) is 4. The molecule has 0 unspecified atom stereocenters. The predicted octanol–water partition coefficient (Wildman–Crippen LogP) is 3.98. The van der Waals surface area contributed by atoms with Gasteiger partial charge in [0.25, 0.3) is 0 Å². The summed E-state index contributed by atoms with van der Waals surface area (Å²) >= 11 is 3.55. The first-order valence-corrected chi connectivity index (χ1v) is 9.93. The van der Waals surface area contributed by atoms with Crippen molar-refractivity contribution < 1.29 is 5.11 Å². The van der Waals surface area contributed by atoms with Crippen molar-refractivity contribution in [2.24, 2.45) is 0 Å². The molecular weight excluding hydrogens is 322 g/mol. The second-order valence-corrected chi connectivity index (χ2v) is 7.62. The highest BCUT2D eigenvalue weighted by Crippen LogP contribution is 2.31. The highest BCUT2D eigenvalue weighted by atomic mass is 32.2. The van der Waals surface area contributed by atoms with E-state index in [1.165, 1.54) is 28.2 Å². The van der Waals surface area contributed by atoms with Crippen LogP contribution in [0.15, 0.2) is 40.6 Å². The Hall–Kier alpha value is -1.25. The molecule has 0 radical (unpaired) electrons. The third kappa shape index (κ3) is 4.86. The van der Waals surface area contributed by atoms with Gasteiger partial charge in [-0.25, -0.2) is 0 Å². The highest BCUT2D eigenvalue weighted by molar-refractivity contribution is 7.98. The molecule has 2 nitrogen and oxygen atoms in total. The summed E-state index contributed by atoms with van der Waals surface area (Å²) < 4.78 is 0. The van der Waals surface area contributed by atoms with Gasteiger partial charge in [-0.05, 0) is 42.9 Å². The van der Waals surface area contributed by atoms with E-state index in [-0.39, 0.29) is 6.61 Å². The van der Waals surface area contributed by atoms with Gasteiger partial charge in [-0.1, -0.05) is 24.0 Å². The van der Waals surface area contributed by atoms with Crippen LogP contribution in [0.25, 0.3) is 0 Å². The molecule has 1 heterocycles. The monoisotopic (exact) mass is 343 g/mol. The highest BCUT2D eigenvalue weighted by Gasteiger charge is 2.29. The third-order valence-corrected chi connectivity index (χ3v) is 5.60. The fourth-order valence-electron chi connectivity index (χ4n) is 2.59. The average Bonchev–Trinajstić information content (AvgIpc) is 3.34. The maximum Gasteiger partial charge on any atom is 0.104 e. The van der Waals surface area contributed by atoms with Crippen LogP contribution in [0.2, 0.25) is 0 Å². The van der Waals surface area contributed by atoms with Crippen molar-refractivity contribution in [3.8, 4) is 11.8 Å². The normalized spacial score (nSPS) is 13.9. The number of benzene rings is 1. The van der Waals surface area contributed by atoms with Gasteiger partial charge in [-0.15, -0.1) is 23.1 Å². The Morgan fingerprint density at radius 1 is 1.26 bits per heavy atom. The lowest BCUT2D eigenvalue weighted by atomic mass is 10.2. The first-order chi connectivity index (χ1) is 11.3. The van der Waals surface area contributed by atoms with Crippen molar-refractivity contribution in [1.29, 1.82) is 0 Å². The smallest absolute Gasteiger partial charge is 0.104 e. The van der Waals surface area contributed by atoms with Crippen LogP contribution >= 0.6 is 23.1 Å². The van der Waals surface area contributed by atoms with Gasteiger partial charge >= 0.3 is 0 Å². The molecule has 23 heavy (non-hydrogen) atoms. The van der Waals surface area contributed by atoms with E-state index in [4.69, 9.17) is 5.11 Å². The average molecular weight is 344 g/mol. The summed E-state index contributed by atoms with van der Waals surface area (Å²) in [7, 11) is 0. The maximum atomic E-state index is 8.78. The molecule has 0 amide bonds. The lowest BCUT2D eigenvalue weighted by Gasteiger charge is -2.21. The maximum absolute atomic E-state index is 8.78. The van der Waals surface area contributed by atoms with Crippen LogP contribution in [-0.2, 0) is 13.1 Å². The van der Waals surface area contributed by atoms with E-state index >= 15 is 0 Å². The summed E-state index contributed by atoms with van der Waals surface area (Å²) in [6.45, 7) is 1.92. The molecule has 1 aromatic carbocycles. The third-order valence-electron chi connectivity index (χ3n) is 3.93. The molecule has 1 aliphatic carbocycles. The van der Waals surface area contributed by atoms with E-state index in [0.717, 1.165) is 24.7 Å². The zero-order valence-corrected chi connectivity index (χ0v) is 14.9. The van der Waals surface area contributed by atoms with E-state index < -0.39 is 0 Å². The second kappa shape index (κ2) is 8.03. The summed E-state index contributed by atoms with van der Waals surface area (Å²) in [4.78, 5) is 5.24. The van der Waals surface area contributed by atoms with Gasteiger partial charge in [-0.3, -0.25) is 4.90 Å². The molecule has 0 bridgehead atoms. The minimum atomic E-state index is -0.0780. The Morgan fingerprint density at radius 2 is 2.04 bits per heavy atom. The summed E-state index contributed by atoms with van der Waals surface area (Å²) in [5.74, 6) is 5.70. The van der Waals surface area contributed by atoms with Gasteiger partial charge < -0.3 is 5.11 Å². The van der Waals surface area contributed by atoms with Crippen LogP contribution in [0.5, 0.6) is 0 Å². The van der Waals surface area contributed by atoms with Gasteiger partial charge in [0, 0.05) is 39.8 Å². The molecule has 1 aromatic heterocycles. The Bertz CT molecular complexity index is 692. The van der Waals surface area contributed by atoms with Crippen LogP contribution in [0.1, 0.15) is 28.8 Å². The van der Waals surface area contributed by atoms with Gasteiger partial charge in [0.1, 0.15) is 6.61 Å². The molecule has 120 valence electrons. The quantitative estimate of drug-likeness (QED) is 0.634. The number of aliphatic hydroxyl groups excluding tert-OH is 1. The molecule has 0 aliphatic heterocycles. The van der Waals surface area contributed by atoms with Crippen LogP contribution in [0.4, 0.5) is 0 Å². The number of aliphatic hydroxyl groups is 1. The number of thiophene rings is 1. The molecule has 1 aliphatic rings. The van der Waals surface area contributed by atoms with Gasteiger partial charge in [0.2, 0.25) is 0 Å². The first kappa shape index (κ1) is 16.6. The molecule has 1 N–H and O–H groups in total. The Morgan fingerprint density at radius 3 is 2.70 bits per heavy atom. The van der Waals surface area contributed by atoms with Crippen molar-refractivity contribution >= 4 is 23.1 Å². The molecule has 2 aromatic rings. The molecule has 0 saturated heterocycles. The fourth-order valence-corrected chi connectivity index (χ4v) is 3.84. The van der Waals surface area contributed by atoms with Gasteiger partial charge in [0.15, 0.2) is 0 Å². The Labute approximate surface area is 146 Å². The van der Waals surface area contributed by atoms with E-state index in [1.54, 1.807) is 23.1 Å². The zero-order chi connectivity index (χ0) is 16.1. The minimum absolute atomic E-state index is 0.0780. The lowest BCUT2D eigenvalue weighted by Crippen LogP contribution is -2.24. The molecule has 3 rings (SSSR count). The Balaban J connectivity index is 1.65. The van der Waals surface area contributed by atoms with E-state index in [1.807, 2.05) is 0 Å². The molecular formula is C19H21NOS2. The number of nitrogens with zero attached hydrogens (tertiary/aromatic N) is 1. The molecule has 4 heteroatoms. The molecule has 0 spiro atoms. The summed E-state index contributed by atoms with van der Waals surface area (Å²) in [6, 6.07) is 11.8. The first-order valence-electron chi connectivity index (χ1n) is 7.82. The predicted molar refractivity (Wildman–Crippen MR) is 98.8 cm³/mol. The van der Waals surface area contributed by atoms with Crippen molar-refractivity contribution in [3.63, 3.8) is 0 Å². The number of hydrogen-bond donors (Lipinski definition) is 1. The molecule has 1 fully saturated rings. The standard InChI is InChI=1S/C19H21NOS2/c1-22-18-8-4-15(5-9-18)12-20(17-6-7-17)13-19-11-16(14-23-19)3-2-10-21/h4-5,8-9,11,14,17,21H,6-7,10,12-13H2,1H3. The van der Waals surface area contributed by atoms with E-state index in [9.17, 15) is 0 Å². The minimum Gasteiger partial charge on any atom is -0.384 e. The lowest BCUT2D eigenvalue weighted by molar-refractivity contribution is 0.248. The second-order valence-electron chi connectivity index (χ2n) is 5.75. The van der Waals surface area contributed by atoms with Crippen molar-refractivity contribution in [1.82, 2.24) is 4.90 Å². The van der Waals surface area contributed by atoms with Crippen molar-refractivity contribution in [2.45, 2.75) is 36.9 Å². The van der Waals surface area contributed by atoms with Crippen molar-refractivity contribution in [2.75, 3.05) is 12.9 Å². The van der Waals surface area contributed by atoms with Crippen LogP contribution in [0.3, 0.4) is 0 Å². The van der Waals surface area contributed by atoms with Crippen LogP contribution in [0, 0.1) is 11.8 Å². The van der Waals surface area contributed by atoms with Gasteiger partial charge in [-0.2, -0.15) is 0 Å².